The zero-order chi connectivity index (χ0) is 14.5. The third kappa shape index (κ3) is 4.35. The molecule has 0 aliphatic carbocycles. The van der Waals surface area contributed by atoms with E-state index in [0.717, 1.165) is 6.07 Å². The number of aromatic carboxylic acids is 1. The van der Waals surface area contributed by atoms with Crippen molar-refractivity contribution in [1.82, 2.24) is 4.72 Å². The first-order valence-corrected chi connectivity index (χ1v) is 7.58. The lowest BCUT2D eigenvalue weighted by Crippen LogP contribution is -2.25. The molecule has 0 heterocycles. The summed E-state index contributed by atoms with van der Waals surface area (Å²) in [7, 11) is -3.76. The number of nitrogens with one attached hydrogen (secondary N) is 1. The molecule has 102 valence electrons. The number of carboxylic acids is 1. The van der Waals surface area contributed by atoms with Crippen LogP contribution in [0.2, 0.25) is 0 Å². The molecular formula is C12H12BrNO4S. The predicted molar refractivity (Wildman–Crippen MR) is 74.4 cm³/mol. The van der Waals surface area contributed by atoms with E-state index >= 15 is 0 Å². The van der Waals surface area contributed by atoms with E-state index in [9.17, 15) is 13.2 Å². The van der Waals surface area contributed by atoms with Crippen LogP contribution in [0.15, 0.2) is 27.6 Å². The van der Waals surface area contributed by atoms with E-state index in [-0.39, 0.29) is 17.0 Å². The maximum atomic E-state index is 12.0. The van der Waals surface area contributed by atoms with Crippen LogP contribution >= 0.6 is 15.9 Å². The van der Waals surface area contributed by atoms with Crippen molar-refractivity contribution < 1.29 is 18.3 Å². The van der Waals surface area contributed by atoms with Crippen LogP contribution in [0.4, 0.5) is 0 Å². The molecule has 0 unspecified atom stereocenters. The molecule has 0 saturated heterocycles. The van der Waals surface area contributed by atoms with E-state index in [2.05, 4.69) is 32.5 Å². The van der Waals surface area contributed by atoms with Gasteiger partial charge in [-0.1, -0.05) is 0 Å². The Bertz CT molecular complexity index is 643. The van der Waals surface area contributed by atoms with Gasteiger partial charge in [0.25, 0.3) is 0 Å². The summed E-state index contributed by atoms with van der Waals surface area (Å²) in [6.07, 6.45) is 0.395. The van der Waals surface area contributed by atoms with Crippen LogP contribution in [0.25, 0.3) is 0 Å². The van der Waals surface area contributed by atoms with Crippen molar-refractivity contribution in [2.24, 2.45) is 0 Å². The van der Waals surface area contributed by atoms with Crippen LogP contribution in [0.5, 0.6) is 0 Å². The lowest BCUT2D eigenvalue weighted by atomic mass is 10.2. The van der Waals surface area contributed by atoms with Crippen LogP contribution in [0, 0.1) is 11.8 Å². The monoisotopic (exact) mass is 345 g/mol. The first-order chi connectivity index (χ1) is 8.88. The Morgan fingerprint density at radius 1 is 1.47 bits per heavy atom. The summed E-state index contributed by atoms with van der Waals surface area (Å²) < 4.78 is 26.7. The number of carbonyl (C=O) groups is 1. The standard InChI is InChI=1S/C12H12BrNO4S/c1-2-3-4-7-14-19(17,18)11-8-9(12(15)16)5-6-10(11)13/h5-6,8,14H,4,7H2,1H3,(H,15,16). The number of benzene rings is 1. The van der Waals surface area contributed by atoms with E-state index in [1.165, 1.54) is 12.1 Å². The SMILES string of the molecule is CC#CCCNS(=O)(=O)c1cc(C(=O)O)ccc1Br. The molecule has 0 fully saturated rings. The van der Waals surface area contributed by atoms with Crippen LogP contribution in [0.3, 0.4) is 0 Å². The first-order valence-electron chi connectivity index (χ1n) is 5.30. The normalized spacial score (nSPS) is 10.6. The fourth-order valence-electron chi connectivity index (χ4n) is 1.29. The Hall–Kier alpha value is -1.36. The number of hydrogen-bond acceptors (Lipinski definition) is 3. The first kappa shape index (κ1) is 15.7. The Morgan fingerprint density at radius 2 is 2.16 bits per heavy atom. The number of sulfonamides is 1. The topological polar surface area (TPSA) is 83.5 Å². The fraction of sp³-hybridized carbons (Fsp3) is 0.250. The number of carboxylic acid groups (broad SMARTS) is 1. The molecule has 0 aromatic heterocycles. The molecule has 19 heavy (non-hydrogen) atoms. The molecule has 0 radical (unpaired) electrons. The summed E-state index contributed by atoms with van der Waals surface area (Å²) in [5.74, 6) is 4.21. The van der Waals surface area contributed by atoms with Crippen molar-refractivity contribution in [2.75, 3.05) is 6.54 Å². The molecule has 1 aromatic carbocycles. The largest absolute Gasteiger partial charge is 0.478 e. The van der Waals surface area contributed by atoms with Crippen molar-refractivity contribution in [1.29, 1.82) is 0 Å². The quantitative estimate of drug-likeness (QED) is 0.630. The highest BCUT2D eigenvalue weighted by Crippen LogP contribution is 2.23. The van der Waals surface area contributed by atoms with Gasteiger partial charge in [0.05, 0.1) is 10.5 Å². The van der Waals surface area contributed by atoms with Crippen LogP contribution in [0.1, 0.15) is 23.7 Å². The lowest BCUT2D eigenvalue weighted by molar-refractivity contribution is 0.0696. The summed E-state index contributed by atoms with van der Waals surface area (Å²) in [6.45, 7) is 1.84. The highest BCUT2D eigenvalue weighted by atomic mass is 79.9. The summed E-state index contributed by atoms with van der Waals surface area (Å²) in [4.78, 5) is 10.7. The van der Waals surface area contributed by atoms with Gasteiger partial charge in [-0.15, -0.1) is 11.8 Å². The van der Waals surface area contributed by atoms with Gasteiger partial charge in [0.2, 0.25) is 10.0 Å². The molecule has 1 rings (SSSR count). The minimum absolute atomic E-state index is 0.0862. The van der Waals surface area contributed by atoms with Gasteiger partial charge in [-0.2, -0.15) is 0 Å². The van der Waals surface area contributed by atoms with E-state index in [1.807, 2.05) is 0 Å². The maximum Gasteiger partial charge on any atom is 0.335 e. The highest BCUT2D eigenvalue weighted by molar-refractivity contribution is 9.10. The predicted octanol–water partition coefficient (Wildman–Crippen LogP) is 1.84. The van der Waals surface area contributed by atoms with E-state index in [0.29, 0.717) is 10.9 Å². The highest BCUT2D eigenvalue weighted by Gasteiger charge is 2.19. The second kappa shape index (κ2) is 6.70. The minimum Gasteiger partial charge on any atom is -0.478 e. The van der Waals surface area contributed by atoms with E-state index < -0.39 is 16.0 Å². The zero-order valence-electron chi connectivity index (χ0n) is 10.1. The maximum absolute atomic E-state index is 12.0. The summed E-state index contributed by atoms with van der Waals surface area (Å²) in [6, 6.07) is 3.83. The van der Waals surface area contributed by atoms with Gasteiger partial charge < -0.3 is 5.11 Å². The van der Waals surface area contributed by atoms with Gasteiger partial charge >= 0.3 is 5.97 Å². The Morgan fingerprint density at radius 3 is 2.74 bits per heavy atom. The third-order valence-corrected chi connectivity index (χ3v) is 4.64. The molecular weight excluding hydrogens is 334 g/mol. The zero-order valence-corrected chi connectivity index (χ0v) is 12.5. The molecule has 2 N–H and O–H groups in total. The second-order valence-corrected chi connectivity index (χ2v) is 6.11. The fourth-order valence-corrected chi connectivity index (χ4v) is 3.31. The summed E-state index contributed by atoms with van der Waals surface area (Å²) in [5, 5.41) is 8.86. The average Bonchev–Trinajstić information content (AvgIpc) is 2.34. The van der Waals surface area contributed by atoms with Crippen molar-refractivity contribution in [3.05, 3.63) is 28.2 Å². The smallest absolute Gasteiger partial charge is 0.335 e. The van der Waals surface area contributed by atoms with Gasteiger partial charge in [0.1, 0.15) is 0 Å². The Balaban J connectivity index is 3.02. The van der Waals surface area contributed by atoms with Crippen LogP contribution < -0.4 is 4.72 Å². The van der Waals surface area contributed by atoms with Crippen LogP contribution in [-0.2, 0) is 10.0 Å². The van der Waals surface area contributed by atoms with Crippen molar-refractivity contribution in [3.8, 4) is 11.8 Å². The molecule has 0 saturated carbocycles. The van der Waals surface area contributed by atoms with Gasteiger partial charge in [-0.3, -0.25) is 0 Å². The van der Waals surface area contributed by atoms with Gasteiger partial charge in [0, 0.05) is 17.4 Å². The summed E-state index contributed by atoms with van der Waals surface area (Å²) in [5.41, 5.74) is -0.0862. The van der Waals surface area contributed by atoms with Crippen LogP contribution in [-0.4, -0.2) is 26.0 Å². The minimum atomic E-state index is -3.76. The number of hydrogen-bond donors (Lipinski definition) is 2. The summed E-state index contributed by atoms with van der Waals surface area (Å²) >= 11 is 3.10. The molecule has 0 spiro atoms. The van der Waals surface area contributed by atoms with Gasteiger partial charge in [0.15, 0.2) is 0 Å². The third-order valence-electron chi connectivity index (χ3n) is 2.19. The van der Waals surface area contributed by atoms with E-state index in [4.69, 9.17) is 5.11 Å². The van der Waals surface area contributed by atoms with Gasteiger partial charge in [-0.25, -0.2) is 17.9 Å². The molecule has 5 nitrogen and oxygen atoms in total. The van der Waals surface area contributed by atoms with Gasteiger partial charge in [-0.05, 0) is 41.1 Å². The molecule has 7 heteroatoms. The average molecular weight is 346 g/mol. The number of halogens is 1. The molecule has 0 amide bonds. The van der Waals surface area contributed by atoms with Crippen molar-refractivity contribution in [3.63, 3.8) is 0 Å². The molecule has 1 aromatic rings. The van der Waals surface area contributed by atoms with E-state index in [1.54, 1.807) is 6.92 Å². The Kier molecular flexibility index (Phi) is 5.54. The number of rotatable bonds is 5. The molecule has 0 aliphatic heterocycles. The van der Waals surface area contributed by atoms with Crippen molar-refractivity contribution >= 4 is 31.9 Å². The van der Waals surface area contributed by atoms with Crippen molar-refractivity contribution in [2.45, 2.75) is 18.2 Å². The Labute approximate surface area is 120 Å². The molecule has 0 bridgehead atoms. The second-order valence-electron chi connectivity index (χ2n) is 3.52. The molecule has 0 atom stereocenters. The molecule has 0 aliphatic rings. The lowest BCUT2D eigenvalue weighted by Gasteiger charge is -2.08.